The fourth-order valence-electron chi connectivity index (χ4n) is 0.250. The molecule has 0 aromatic heterocycles. The molecular weight excluding hydrogens is 284 g/mol. The van der Waals surface area contributed by atoms with E-state index in [1.54, 1.807) is 0 Å². The maximum Gasteiger partial charge on any atom is 0 e. The van der Waals surface area contributed by atoms with Gasteiger partial charge in [0.1, 0.15) is 0 Å². The van der Waals surface area contributed by atoms with E-state index in [0.717, 1.165) is 12.8 Å². The quantitative estimate of drug-likeness (QED) is 0.369. The summed E-state index contributed by atoms with van der Waals surface area (Å²) in [6.07, 6.45) is 1.99. The SMILES string of the molecule is CCC#CCC.[C-]#[O+].[W]. The van der Waals surface area contributed by atoms with Crippen molar-refractivity contribution in [1.82, 2.24) is 0 Å². The van der Waals surface area contributed by atoms with Gasteiger partial charge in [0, 0.05) is 33.9 Å². The normalized spacial score (nSPS) is 4.44. The molecule has 0 saturated carbocycles. The number of hydrogen-bond donors (Lipinski definition) is 0. The first-order valence-corrected chi connectivity index (χ1v) is 2.58. The van der Waals surface area contributed by atoms with Crippen molar-refractivity contribution in [3.05, 3.63) is 6.65 Å². The second-order valence-electron chi connectivity index (χ2n) is 1.06. The predicted octanol–water partition coefficient (Wildman–Crippen LogP) is 1.77. The molecule has 9 heavy (non-hydrogen) atoms. The van der Waals surface area contributed by atoms with Gasteiger partial charge in [0.15, 0.2) is 0 Å². The molecule has 0 spiro atoms. The van der Waals surface area contributed by atoms with Crippen molar-refractivity contribution in [2.75, 3.05) is 0 Å². The molecule has 0 unspecified atom stereocenters. The maximum atomic E-state index is 7.50. The first-order valence-electron chi connectivity index (χ1n) is 2.58. The molecule has 0 aliphatic heterocycles. The summed E-state index contributed by atoms with van der Waals surface area (Å²) in [4.78, 5) is 0. The Balaban J connectivity index is -0.000000109. The second-order valence-corrected chi connectivity index (χ2v) is 1.06. The van der Waals surface area contributed by atoms with Crippen LogP contribution in [0.5, 0.6) is 0 Å². The van der Waals surface area contributed by atoms with Crippen LogP contribution in [-0.2, 0) is 25.7 Å². The predicted molar refractivity (Wildman–Crippen MR) is 32.3 cm³/mol. The van der Waals surface area contributed by atoms with Crippen LogP contribution in [0.4, 0.5) is 0 Å². The molecule has 0 bridgehead atoms. The van der Waals surface area contributed by atoms with E-state index in [0.29, 0.717) is 0 Å². The van der Waals surface area contributed by atoms with Crippen molar-refractivity contribution in [1.29, 1.82) is 0 Å². The van der Waals surface area contributed by atoms with E-state index in [-0.39, 0.29) is 21.1 Å². The van der Waals surface area contributed by atoms with Crippen LogP contribution >= 0.6 is 0 Å². The molecule has 0 aromatic carbocycles. The van der Waals surface area contributed by atoms with E-state index in [4.69, 9.17) is 4.65 Å². The molecule has 0 fully saturated rings. The molecule has 0 atom stereocenters. The smallest absolute Gasteiger partial charge is 0 e. The van der Waals surface area contributed by atoms with E-state index < -0.39 is 0 Å². The molecule has 0 N–H and O–H groups in total. The van der Waals surface area contributed by atoms with Crippen LogP contribution < -0.4 is 0 Å². The minimum atomic E-state index is 0. The van der Waals surface area contributed by atoms with Crippen molar-refractivity contribution in [3.8, 4) is 11.8 Å². The van der Waals surface area contributed by atoms with Gasteiger partial charge in [-0.1, -0.05) is 13.8 Å². The average Bonchev–Trinajstić information content (AvgIpc) is 1.88. The zero-order valence-electron chi connectivity index (χ0n) is 5.73. The Morgan fingerprint density at radius 3 is 1.44 bits per heavy atom. The molecule has 1 nitrogen and oxygen atoms in total. The zero-order valence-corrected chi connectivity index (χ0v) is 8.66. The van der Waals surface area contributed by atoms with Gasteiger partial charge in [0.05, 0.1) is 0 Å². The largest absolute Gasteiger partial charge is 0 e. The average molecular weight is 294 g/mol. The zero-order chi connectivity index (χ0) is 6.83. The molecule has 0 heterocycles. The Morgan fingerprint density at radius 1 is 1.11 bits per heavy atom. The minimum absolute atomic E-state index is 0. The molecule has 0 aromatic rings. The van der Waals surface area contributed by atoms with Crippen molar-refractivity contribution in [2.45, 2.75) is 26.7 Å². The Bertz CT molecular complexity index is 88.5. The Labute approximate surface area is 71.2 Å². The van der Waals surface area contributed by atoms with E-state index in [1.165, 1.54) is 0 Å². The van der Waals surface area contributed by atoms with Crippen LogP contribution in [0.3, 0.4) is 0 Å². The van der Waals surface area contributed by atoms with Crippen molar-refractivity contribution < 1.29 is 25.7 Å². The van der Waals surface area contributed by atoms with Gasteiger partial charge in [-0.15, -0.1) is 11.8 Å². The monoisotopic (exact) mass is 294 g/mol. The fourth-order valence-corrected chi connectivity index (χ4v) is 0.250. The summed E-state index contributed by atoms with van der Waals surface area (Å²) in [5.74, 6) is 5.90. The Hall–Kier alpha value is -0.0117. The van der Waals surface area contributed by atoms with E-state index in [9.17, 15) is 0 Å². The molecule has 0 saturated heterocycles. The van der Waals surface area contributed by atoms with Crippen LogP contribution in [0.25, 0.3) is 0 Å². The van der Waals surface area contributed by atoms with Crippen molar-refractivity contribution in [2.24, 2.45) is 0 Å². The third-order valence-corrected chi connectivity index (χ3v) is 0.479. The van der Waals surface area contributed by atoms with Crippen LogP contribution in [0.1, 0.15) is 26.7 Å². The van der Waals surface area contributed by atoms with Gasteiger partial charge in [0.2, 0.25) is 0 Å². The van der Waals surface area contributed by atoms with Crippen LogP contribution in [-0.4, -0.2) is 0 Å². The first-order chi connectivity index (χ1) is 3.91. The number of rotatable bonds is 0. The molecule has 0 amide bonds. The standard InChI is InChI=1S/C6H10.CO.W/c1-3-5-6-4-2;1-2;/h3-4H2,1-2H3;;. The molecule has 0 rings (SSSR count). The van der Waals surface area contributed by atoms with E-state index >= 15 is 0 Å². The van der Waals surface area contributed by atoms with Gasteiger partial charge >= 0.3 is 11.3 Å². The summed E-state index contributed by atoms with van der Waals surface area (Å²) >= 11 is 0. The first kappa shape index (κ1) is 16.0. The van der Waals surface area contributed by atoms with Gasteiger partial charge in [-0.05, 0) is 0 Å². The second kappa shape index (κ2) is 24.5. The summed E-state index contributed by atoms with van der Waals surface area (Å²) in [6, 6.07) is 0. The number of hydrogen-bond acceptors (Lipinski definition) is 0. The molecule has 0 aliphatic carbocycles. The maximum absolute atomic E-state index is 7.50. The molecule has 0 radical (unpaired) electrons. The van der Waals surface area contributed by atoms with Crippen LogP contribution in [0.15, 0.2) is 0 Å². The van der Waals surface area contributed by atoms with Gasteiger partial charge in [0.25, 0.3) is 0 Å². The van der Waals surface area contributed by atoms with Gasteiger partial charge < -0.3 is 0 Å². The Morgan fingerprint density at radius 2 is 1.33 bits per heavy atom. The van der Waals surface area contributed by atoms with Crippen LogP contribution in [0.2, 0.25) is 0 Å². The fraction of sp³-hybridized carbons (Fsp3) is 0.571. The van der Waals surface area contributed by atoms with Crippen molar-refractivity contribution >= 4 is 0 Å². The van der Waals surface area contributed by atoms with Crippen molar-refractivity contribution in [3.63, 3.8) is 0 Å². The topological polar surface area (TPSA) is 19.9 Å². The summed E-state index contributed by atoms with van der Waals surface area (Å²) in [6.45, 7) is 8.62. The molecule has 2 heteroatoms. The van der Waals surface area contributed by atoms with Gasteiger partial charge in [-0.3, -0.25) is 0 Å². The van der Waals surface area contributed by atoms with Crippen LogP contribution in [0, 0.1) is 18.5 Å². The van der Waals surface area contributed by atoms with E-state index in [1.807, 2.05) is 0 Å². The molecular formula is C7H10OW. The molecule has 50 valence electrons. The summed E-state index contributed by atoms with van der Waals surface area (Å²) in [5, 5.41) is 0. The van der Waals surface area contributed by atoms with Gasteiger partial charge in [-0.25, -0.2) is 0 Å². The van der Waals surface area contributed by atoms with Gasteiger partial charge in [-0.2, -0.15) is 0 Å². The summed E-state index contributed by atoms with van der Waals surface area (Å²) in [7, 11) is 0. The molecule has 0 aliphatic rings. The Kier molecular flexibility index (Phi) is 43.6. The summed E-state index contributed by atoms with van der Waals surface area (Å²) in [5.41, 5.74) is 0. The minimum Gasteiger partial charge on any atom is 0 e. The summed E-state index contributed by atoms with van der Waals surface area (Å²) < 4.78 is 7.50. The third-order valence-electron chi connectivity index (χ3n) is 0.479. The van der Waals surface area contributed by atoms with E-state index in [2.05, 4.69) is 32.3 Å². The third kappa shape index (κ3) is 32.1.